The third kappa shape index (κ3) is 3.19. The Morgan fingerprint density at radius 1 is 1.33 bits per heavy atom. The van der Waals surface area contributed by atoms with Gasteiger partial charge in [0.05, 0.1) is 18.5 Å². The van der Waals surface area contributed by atoms with E-state index < -0.39 is 0 Å². The van der Waals surface area contributed by atoms with Crippen LogP contribution in [0.25, 0.3) is 0 Å². The predicted molar refractivity (Wildman–Crippen MR) is 69.0 cm³/mol. The molecule has 18 heavy (non-hydrogen) atoms. The van der Waals surface area contributed by atoms with Crippen LogP contribution in [0.2, 0.25) is 0 Å². The SMILES string of the molecule is CCCn1cc(Nc2cc(OCC)ncn2)cn1. The Morgan fingerprint density at radius 3 is 3.00 bits per heavy atom. The Bertz CT molecular complexity index is 497. The molecule has 0 saturated heterocycles. The van der Waals surface area contributed by atoms with Crippen LogP contribution in [0.1, 0.15) is 20.3 Å². The van der Waals surface area contributed by atoms with Gasteiger partial charge in [0.25, 0.3) is 0 Å². The molecule has 0 aliphatic rings. The van der Waals surface area contributed by atoms with Crippen LogP contribution < -0.4 is 10.1 Å². The average molecular weight is 247 g/mol. The van der Waals surface area contributed by atoms with Gasteiger partial charge in [-0.1, -0.05) is 6.92 Å². The molecule has 2 rings (SSSR count). The molecular formula is C12H17N5O. The zero-order chi connectivity index (χ0) is 12.8. The van der Waals surface area contributed by atoms with Crippen molar-refractivity contribution in [2.75, 3.05) is 11.9 Å². The molecule has 0 aliphatic carbocycles. The number of hydrogen-bond donors (Lipinski definition) is 1. The number of rotatable bonds is 6. The molecule has 96 valence electrons. The van der Waals surface area contributed by atoms with Crippen LogP contribution in [-0.4, -0.2) is 26.4 Å². The fourth-order valence-electron chi connectivity index (χ4n) is 1.56. The van der Waals surface area contributed by atoms with Crippen molar-refractivity contribution in [2.24, 2.45) is 0 Å². The first-order valence-corrected chi connectivity index (χ1v) is 6.06. The smallest absolute Gasteiger partial charge is 0.218 e. The van der Waals surface area contributed by atoms with E-state index in [1.54, 1.807) is 12.3 Å². The molecule has 1 N–H and O–H groups in total. The second-order valence-electron chi connectivity index (χ2n) is 3.79. The van der Waals surface area contributed by atoms with Crippen LogP contribution in [0.4, 0.5) is 11.5 Å². The van der Waals surface area contributed by atoms with Gasteiger partial charge in [-0.05, 0) is 13.3 Å². The van der Waals surface area contributed by atoms with Gasteiger partial charge in [0.15, 0.2) is 0 Å². The van der Waals surface area contributed by atoms with Crippen LogP contribution in [-0.2, 0) is 6.54 Å². The molecule has 0 aliphatic heterocycles. The number of anilines is 2. The maximum atomic E-state index is 5.32. The molecule has 0 atom stereocenters. The highest BCUT2D eigenvalue weighted by Gasteiger charge is 2.02. The molecule has 0 aromatic carbocycles. The van der Waals surface area contributed by atoms with Gasteiger partial charge >= 0.3 is 0 Å². The lowest BCUT2D eigenvalue weighted by atomic mass is 10.5. The summed E-state index contributed by atoms with van der Waals surface area (Å²) in [6.45, 7) is 5.54. The van der Waals surface area contributed by atoms with E-state index in [9.17, 15) is 0 Å². The van der Waals surface area contributed by atoms with Crippen LogP contribution in [0.5, 0.6) is 5.88 Å². The third-order valence-electron chi connectivity index (χ3n) is 2.29. The highest BCUT2D eigenvalue weighted by atomic mass is 16.5. The Balaban J connectivity index is 2.05. The van der Waals surface area contributed by atoms with Crippen LogP contribution in [0, 0.1) is 0 Å². The normalized spacial score (nSPS) is 10.3. The molecule has 0 amide bonds. The van der Waals surface area contributed by atoms with Gasteiger partial charge in [0.2, 0.25) is 5.88 Å². The fourth-order valence-corrected chi connectivity index (χ4v) is 1.56. The topological polar surface area (TPSA) is 64.9 Å². The van der Waals surface area contributed by atoms with Gasteiger partial charge < -0.3 is 10.1 Å². The maximum Gasteiger partial charge on any atom is 0.218 e. The van der Waals surface area contributed by atoms with Crippen molar-refractivity contribution in [2.45, 2.75) is 26.8 Å². The summed E-state index contributed by atoms with van der Waals surface area (Å²) in [4.78, 5) is 8.14. The van der Waals surface area contributed by atoms with Crippen molar-refractivity contribution in [1.29, 1.82) is 0 Å². The highest BCUT2D eigenvalue weighted by molar-refractivity contribution is 5.54. The minimum Gasteiger partial charge on any atom is -0.478 e. The molecule has 0 unspecified atom stereocenters. The van der Waals surface area contributed by atoms with E-state index in [0.717, 1.165) is 18.7 Å². The summed E-state index contributed by atoms with van der Waals surface area (Å²) in [5.41, 5.74) is 0.907. The second kappa shape index (κ2) is 6.00. The number of nitrogens with zero attached hydrogens (tertiary/aromatic N) is 4. The van der Waals surface area contributed by atoms with Crippen molar-refractivity contribution in [3.8, 4) is 5.88 Å². The van der Waals surface area contributed by atoms with Crippen molar-refractivity contribution in [3.63, 3.8) is 0 Å². The van der Waals surface area contributed by atoms with E-state index in [-0.39, 0.29) is 0 Å². The van der Waals surface area contributed by atoms with Crippen LogP contribution >= 0.6 is 0 Å². The Labute approximate surface area is 106 Å². The van der Waals surface area contributed by atoms with Gasteiger partial charge in [-0.3, -0.25) is 4.68 Å². The van der Waals surface area contributed by atoms with Crippen LogP contribution in [0.15, 0.2) is 24.8 Å². The fraction of sp³-hybridized carbons (Fsp3) is 0.417. The number of hydrogen-bond acceptors (Lipinski definition) is 5. The molecular weight excluding hydrogens is 230 g/mol. The summed E-state index contributed by atoms with van der Waals surface area (Å²) >= 11 is 0. The Morgan fingerprint density at radius 2 is 2.22 bits per heavy atom. The zero-order valence-electron chi connectivity index (χ0n) is 10.6. The minimum atomic E-state index is 0.566. The Kier molecular flexibility index (Phi) is 4.11. The van der Waals surface area contributed by atoms with Gasteiger partial charge in [0.1, 0.15) is 12.1 Å². The van der Waals surface area contributed by atoms with E-state index in [0.29, 0.717) is 18.3 Å². The quantitative estimate of drug-likeness (QED) is 0.848. The maximum absolute atomic E-state index is 5.32. The predicted octanol–water partition coefficient (Wildman–Crippen LogP) is 2.23. The van der Waals surface area contributed by atoms with Crippen molar-refractivity contribution < 1.29 is 4.74 Å². The number of aryl methyl sites for hydroxylation is 1. The number of ether oxygens (including phenoxy) is 1. The van der Waals surface area contributed by atoms with E-state index in [2.05, 4.69) is 27.3 Å². The van der Waals surface area contributed by atoms with Crippen molar-refractivity contribution >= 4 is 11.5 Å². The van der Waals surface area contributed by atoms with Crippen molar-refractivity contribution in [1.82, 2.24) is 19.7 Å². The van der Waals surface area contributed by atoms with Gasteiger partial charge in [-0.25, -0.2) is 9.97 Å². The summed E-state index contributed by atoms with van der Waals surface area (Å²) in [5, 5.41) is 7.41. The first-order chi connectivity index (χ1) is 8.81. The van der Waals surface area contributed by atoms with Gasteiger partial charge in [-0.15, -0.1) is 0 Å². The average Bonchev–Trinajstić information content (AvgIpc) is 2.78. The molecule has 2 aromatic heterocycles. The molecule has 0 radical (unpaired) electrons. The van der Waals surface area contributed by atoms with E-state index in [1.807, 2.05) is 17.8 Å². The zero-order valence-corrected chi connectivity index (χ0v) is 10.6. The van der Waals surface area contributed by atoms with Crippen molar-refractivity contribution in [3.05, 3.63) is 24.8 Å². The molecule has 2 heterocycles. The Hall–Kier alpha value is -2.11. The van der Waals surface area contributed by atoms with Gasteiger partial charge in [0, 0.05) is 18.8 Å². The number of aromatic nitrogens is 4. The monoisotopic (exact) mass is 247 g/mol. The summed E-state index contributed by atoms with van der Waals surface area (Å²) in [5.74, 6) is 1.26. The third-order valence-corrected chi connectivity index (χ3v) is 2.29. The first kappa shape index (κ1) is 12.3. The summed E-state index contributed by atoms with van der Waals surface area (Å²) in [6, 6.07) is 1.76. The summed E-state index contributed by atoms with van der Waals surface area (Å²) in [6.07, 6.45) is 6.26. The molecule has 6 nitrogen and oxygen atoms in total. The molecule has 0 bridgehead atoms. The lowest BCUT2D eigenvalue weighted by Crippen LogP contribution is -1.98. The molecule has 6 heteroatoms. The summed E-state index contributed by atoms with van der Waals surface area (Å²) < 4.78 is 7.21. The molecule has 0 fully saturated rings. The molecule has 2 aromatic rings. The standard InChI is InChI=1S/C12H17N5O/c1-3-5-17-8-10(7-15-17)16-11-6-12(18-4-2)14-9-13-11/h6-9H,3-5H2,1-2H3,(H,13,14,16). The largest absolute Gasteiger partial charge is 0.478 e. The number of nitrogens with one attached hydrogen (secondary N) is 1. The van der Waals surface area contributed by atoms with Gasteiger partial charge in [-0.2, -0.15) is 5.10 Å². The highest BCUT2D eigenvalue weighted by Crippen LogP contribution is 2.16. The first-order valence-electron chi connectivity index (χ1n) is 6.06. The van der Waals surface area contributed by atoms with E-state index in [4.69, 9.17) is 4.74 Å². The van der Waals surface area contributed by atoms with E-state index >= 15 is 0 Å². The summed E-state index contributed by atoms with van der Waals surface area (Å²) in [7, 11) is 0. The second-order valence-corrected chi connectivity index (χ2v) is 3.79. The minimum absolute atomic E-state index is 0.566. The molecule has 0 spiro atoms. The van der Waals surface area contributed by atoms with Crippen LogP contribution in [0.3, 0.4) is 0 Å². The lowest BCUT2D eigenvalue weighted by Gasteiger charge is -2.04. The van der Waals surface area contributed by atoms with E-state index in [1.165, 1.54) is 6.33 Å². The lowest BCUT2D eigenvalue weighted by molar-refractivity contribution is 0.326. The molecule has 0 saturated carbocycles.